The van der Waals surface area contributed by atoms with Crippen LogP contribution in [0.2, 0.25) is 0 Å². The van der Waals surface area contributed by atoms with Crippen LogP contribution in [0.1, 0.15) is 5.56 Å². The van der Waals surface area contributed by atoms with Gasteiger partial charge >= 0.3 is 6.09 Å². The van der Waals surface area contributed by atoms with Gasteiger partial charge in [0.25, 0.3) is 5.56 Å². The summed E-state index contributed by atoms with van der Waals surface area (Å²) in [5.41, 5.74) is 1.01. The second-order valence-electron chi connectivity index (χ2n) is 5.96. The molecule has 3 rings (SSSR count). The fourth-order valence-corrected chi connectivity index (χ4v) is 2.50. The third-order valence-electron chi connectivity index (χ3n) is 3.84. The second-order valence-corrected chi connectivity index (χ2v) is 5.96. The van der Waals surface area contributed by atoms with E-state index in [0.29, 0.717) is 5.69 Å². The van der Waals surface area contributed by atoms with Crippen molar-refractivity contribution in [1.29, 1.82) is 0 Å². The Balaban J connectivity index is 1.60. The molecule has 0 aliphatic rings. The molecule has 0 radical (unpaired) electrons. The molecule has 0 bridgehead atoms. The Kier molecular flexibility index (Phi) is 6.20. The summed E-state index contributed by atoms with van der Waals surface area (Å²) in [6.07, 6.45) is 0.736. The van der Waals surface area contributed by atoms with Crippen LogP contribution in [0, 0.1) is 0 Å². The zero-order valence-electron chi connectivity index (χ0n) is 15.0. The summed E-state index contributed by atoms with van der Waals surface area (Å²) in [6, 6.07) is 21.2. The molecule has 0 atom stereocenters. The number of benzene rings is 2. The van der Waals surface area contributed by atoms with Crippen LogP contribution in [-0.2, 0) is 22.7 Å². The molecular formula is C21H19N3O4. The van der Waals surface area contributed by atoms with Crippen LogP contribution in [0.4, 0.5) is 16.2 Å². The zero-order chi connectivity index (χ0) is 19.8. The molecule has 28 heavy (non-hydrogen) atoms. The molecule has 3 aromatic rings. The number of para-hydroxylation sites is 1. The first-order valence-electron chi connectivity index (χ1n) is 8.64. The molecule has 1 aromatic heterocycles. The van der Waals surface area contributed by atoms with E-state index in [4.69, 9.17) is 4.74 Å². The minimum absolute atomic E-state index is 0.0353. The number of carbonyl (C=O) groups is 2. The number of pyridine rings is 1. The van der Waals surface area contributed by atoms with Gasteiger partial charge in [0.05, 0.1) is 0 Å². The van der Waals surface area contributed by atoms with Gasteiger partial charge in [-0.15, -0.1) is 0 Å². The van der Waals surface area contributed by atoms with Crippen LogP contribution >= 0.6 is 0 Å². The molecule has 0 aliphatic carbocycles. The van der Waals surface area contributed by atoms with E-state index < -0.39 is 11.7 Å². The van der Waals surface area contributed by atoms with Crippen molar-refractivity contribution < 1.29 is 14.3 Å². The maximum absolute atomic E-state index is 12.5. The summed E-state index contributed by atoms with van der Waals surface area (Å²) < 4.78 is 6.32. The zero-order valence-corrected chi connectivity index (χ0v) is 15.0. The molecule has 7 heteroatoms. The van der Waals surface area contributed by atoms with Crippen molar-refractivity contribution in [3.63, 3.8) is 0 Å². The number of rotatable bonds is 6. The molecule has 0 fully saturated rings. The predicted molar refractivity (Wildman–Crippen MR) is 106 cm³/mol. The van der Waals surface area contributed by atoms with Crippen molar-refractivity contribution in [1.82, 2.24) is 4.57 Å². The number of ether oxygens (including phenoxy) is 1. The average molecular weight is 377 g/mol. The van der Waals surface area contributed by atoms with Gasteiger partial charge in [0.2, 0.25) is 5.91 Å². The Morgan fingerprint density at radius 3 is 2.25 bits per heavy atom. The van der Waals surface area contributed by atoms with E-state index in [1.165, 1.54) is 16.8 Å². The Morgan fingerprint density at radius 2 is 1.54 bits per heavy atom. The van der Waals surface area contributed by atoms with Crippen LogP contribution in [0.5, 0.6) is 0 Å². The second kappa shape index (κ2) is 9.18. The highest BCUT2D eigenvalue weighted by molar-refractivity contribution is 5.90. The fraction of sp³-hybridized carbons (Fsp3) is 0.0952. The smallest absolute Gasteiger partial charge is 0.412 e. The molecule has 0 saturated carbocycles. The van der Waals surface area contributed by atoms with E-state index in [1.54, 1.807) is 30.3 Å². The molecule has 1 heterocycles. The Hall–Kier alpha value is -3.87. The van der Waals surface area contributed by atoms with E-state index in [0.717, 1.165) is 5.56 Å². The van der Waals surface area contributed by atoms with Crippen LogP contribution < -0.4 is 16.2 Å². The summed E-state index contributed by atoms with van der Waals surface area (Å²) in [7, 11) is 0. The number of amides is 2. The lowest BCUT2D eigenvalue weighted by atomic mass is 10.2. The van der Waals surface area contributed by atoms with Gasteiger partial charge in [0.1, 0.15) is 18.8 Å². The molecule has 0 aliphatic heterocycles. The van der Waals surface area contributed by atoms with E-state index >= 15 is 0 Å². The molecule has 142 valence electrons. The molecule has 2 amide bonds. The van der Waals surface area contributed by atoms with E-state index in [2.05, 4.69) is 10.6 Å². The van der Waals surface area contributed by atoms with Crippen molar-refractivity contribution in [3.05, 3.63) is 94.9 Å². The number of hydrogen-bond donors (Lipinski definition) is 2. The highest BCUT2D eigenvalue weighted by atomic mass is 16.5. The van der Waals surface area contributed by atoms with Gasteiger partial charge < -0.3 is 14.6 Å². The van der Waals surface area contributed by atoms with Gasteiger partial charge in [-0.2, -0.15) is 0 Å². The Bertz CT molecular complexity index is 1000. The lowest BCUT2D eigenvalue weighted by molar-refractivity contribution is -0.116. The third-order valence-corrected chi connectivity index (χ3v) is 3.84. The Morgan fingerprint density at radius 1 is 0.857 bits per heavy atom. The number of nitrogens with zero attached hydrogens (tertiary/aromatic N) is 1. The highest BCUT2D eigenvalue weighted by Crippen LogP contribution is 2.06. The van der Waals surface area contributed by atoms with Gasteiger partial charge in [-0.3, -0.25) is 14.9 Å². The molecule has 0 saturated heterocycles. The third kappa shape index (κ3) is 5.31. The van der Waals surface area contributed by atoms with Crippen molar-refractivity contribution >= 4 is 23.4 Å². The van der Waals surface area contributed by atoms with E-state index in [-0.39, 0.29) is 24.7 Å². The summed E-state index contributed by atoms with van der Waals surface area (Å²) in [5, 5.41) is 5.12. The molecule has 2 aromatic carbocycles. The lowest BCUT2D eigenvalue weighted by Gasteiger charge is -2.10. The number of anilines is 2. The molecular weight excluding hydrogens is 358 g/mol. The molecule has 0 spiro atoms. The molecule has 0 unspecified atom stereocenters. The summed E-state index contributed by atoms with van der Waals surface area (Å²) >= 11 is 0. The van der Waals surface area contributed by atoms with Gasteiger partial charge in [0.15, 0.2) is 0 Å². The summed E-state index contributed by atoms with van der Waals surface area (Å²) in [4.78, 5) is 36.6. The van der Waals surface area contributed by atoms with Gasteiger partial charge in [-0.25, -0.2) is 4.79 Å². The van der Waals surface area contributed by atoms with Gasteiger partial charge in [-0.1, -0.05) is 48.5 Å². The number of hydrogen-bond acceptors (Lipinski definition) is 4. The standard InChI is InChI=1S/C21H19N3O4/c25-19(22-17-10-5-2-6-11-17)14-24-13-7-12-18(20(24)26)23-21(27)28-15-16-8-3-1-4-9-16/h1-13H,14-15H2,(H,22,25)(H,23,27). The first-order valence-corrected chi connectivity index (χ1v) is 8.64. The first kappa shape index (κ1) is 18.9. The number of carbonyl (C=O) groups excluding carboxylic acids is 2. The van der Waals surface area contributed by atoms with Crippen LogP contribution in [0.25, 0.3) is 0 Å². The highest BCUT2D eigenvalue weighted by Gasteiger charge is 2.11. The van der Waals surface area contributed by atoms with Crippen molar-refractivity contribution in [3.8, 4) is 0 Å². The fourth-order valence-electron chi connectivity index (χ4n) is 2.50. The SMILES string of the molecule is O=C(Cn1cccc(NC(=O)OCc2ccccc2)c1=O)Nc1ccccc1. The largest absolute Gasteiger partial charge is 0.444 e. The summed E-state index contributed by atoms with van der Waals surface area (Å²) in [6.45, 7) is -0.0878. The first-order chi connectivity index (χ1) is 13.6. The molecule has 2 N–H and O–H groups in total. The number of aromatic nitrogens is 1. The van der Waals surface area contributed by atoms with Crippen molar-refractivity contribution in [2.24, 2.45) is 0 Å². The normalized spacial score (nSPS) is 10.1. The quantitative estimate of drug-likeness (QED) is 0.690. The predicted octanol–water partition coefficient (Wildman–Crippen LogP) is 3.24. The van der Waals surface area contributed by atoms with Crippen molar-refractivity contribution in [2.75, 3.05) is 10.6 Å². The van der Waals surface area contributed by atoms with Crippen LogP contribution in [0.3, 0.4) is 0 Å². The molecule has 7 nitrogen and oxygen atoms in total. The topological polar surface area (TPSA) is 89.4 Å². The summed E-state index contributed by atoms with van der Waals surface area (Å²) in [5.74, 6) is -0.350. The monoisotopic (exact) mass is 377 g/mol. The number of nitrogens with one attached hydrogen (secondary N) is 2. The van der Waals surface area contributed by atoms with E-state index in [9.17, 15) is 14.4 Å². The minimum Gasteiger partial charge on any atom is -0.444 e. The van der Waals surface area contributed by atoms with Crippen LogP contribution in [-0.4, -0.2) is 16.6 Å². The maximum Gasteiger partial charge on any atom is 0.412 e. The maximum atomic E-state index is 12.5. The average Bonchev–Trinajstić information content (AvgIpc) is 2.71. The van der Waals surface area contributed by atoms with E-state index in [1.807, 2.05) is 36.4 Å². The van der Waals surface area contributed by atoms with Gasteiger partial charge in [0, 0.05) is 11.9 Å². The van der Waals surface area contributed by atoms with Crippen molar-refractivity contribution in [2.45, 2.75) is 13.2 Å². The van der Waals surface area contributed by atoms with Gasteiger partial charge in [-0.05, 0) is 29.8 Å². The Labute approximate surface area is 161 Å². The van der Waals surface area contributed by atoms with Crippen LogP contribution in [0.15, 0.2) is 83.8 Å². The minimum atomic E-state index is -0.743. The lowest BCUT2D eigenvalue weighted by Crippen LogP contribution is -2.30.